The van der Waals surface area contributed by atoms with Gasteiger partial charge in [0.2, 0.25) is 0 Å². The molecule has 0 aliphatic carbocycles. The van der Waals surface area contributed by atoms with Gasteiger partial charge in [-0.3, -0.25) is 4.90 Å². The molecule has 4 nitrogen and oxygen atoms in total. The summed E-state index contributed by atoms with van der Waals surface area (Å²) in [5.74, 6) is 0.392. The summed E-state index contributed by atoms with van der Waals surface area (Å²) in [7, 11) is 0. The van der Waals surface area contributed by atoms with Gasteiger partial charge in [-0.15, -0.1) is 11.3 Å². The predicted octanol–water partition coefficient (Wildman–Crippen LogP) is 2.16. The molecular weight excluding hydrogens is 246 g/mol. The predicted molar refractivity (Wildman–Crippen MR) is 71.6 cm³/mol. The third-order valence-electron chi connectivity index (χ3n) is 3.02. The fraction of sp³-hybridized carbons (Fsp3) is 0.692. The first-order chi connectivity index (χ1) is 8.70. The number of aromatic nitrogens is 1. The maximum Gasteiger partial charge on any atom is 0.107 e. The van der Waals surface area contributed by atoms with Crippen LogP contribution < -0.4 is 0 Å². The van der Waals surface area contributed by atoms with Gasteiger partial charge in [-0.05, 0) is 5.92 Å². The van der Waals surface area contributed by atoms with E-state index in [-0.39, 0.29) is 0 Å². The lowest BCUT2D eigenvalue weighted by Gasteiger charge is -2.25. The van der Waals surface area contributed by atoms with Gasteiger partial charge >= 0.3 is 0 Å². The van der Waals surface area contributed by atoms with Crippen LogP contribution in [-0.4, -0.2) is 36.2 Å². The Balaban J connectivity index is 2.08. The molecule has 0 N–H and O–H groups in total. The van der Waals surface area contributed by atoms with E-state index in [4.69, 9.17) is 15.0 Å². The quantitative estimate of drug-likeness (QED) is 0.837. The van der Waals surface area contributed by atoms with Gasteiger partial charge in [0.05, 0.1) is 37.9 Å². The zero-order valence-electron chi connectivity index (χ0n) is 11.0. The summed E-state index contributed by atoms with van der Waals surface area (Å²) in [5, 5.41) is 9.99. The molecule has 0 unspecified atom stereocenters. The normalized spacial score (nSPS) is 17.0. The smallest absolute Gasteiger partial charge is 0.107 e. The van der Waals surface area contributed by atoms with Crippen LogP contribution in [0.5, 0.6) is 0 Å². The van der Waals surface area contributed by atoms with E-state index in [9.17, 15) is 0 Å². The second-order valence-corrected chi connectivity index (χ2v) is 5.96. The highest BCUT2D eigenvalue weighted by molar-refractivity contribution is 7.11. The Hall–Kier alpha value is -0.960. The van der Waals surface area contributed by atoms with E-state index < -0.39 is 0 Å². The molecule has 2 heterocycles. The molecule has 1 aliphatic heterocycles. The van der Waals surface area contributed by atoms with Crippen molar-refractivity contribution in [1.29, 1.82) is 5.26 Å². The molecule has 18 heavy (non-hydrogen) atoms. The van der Waals surface area contributed by atoms with Crippen molar-refractivity contribution in [3.05, 3.63) is 15.6 Å². The van der Waals surface area contributed by atoms with Gasteiger partial charge in [0.15, 0.2) is 0 Å². The number of thiazole rings is 1. The van der Waals surface area contributed by atoms with Crippen LogP contribution in [0.4, 0.5) is 0 Å². The fourth-order valence-corrected chi connectivity index (χ4v) is 3.28. The van der Waals surface area contributed by atoms with Crippen molar-refractivity contribution in [2.45, 2.75) is 32.7 Å². The minimum atomic E-state index is 0.392. The van der Waals surface area contributed by atoms with Crippen LogP contribution in [0.25, 0.3) is 0 Å². The molecule has 98 valence electrons. The molecular formula is C13H19N3OS. The Morgan fingerprint density at radius 3 is 2.78 bits per heavy atom. The van der Waals surface area contributed by atoms with Crippen LogP contribution in [-0.2, 0) is 17.7 Å². The van der Waals surface area contributed by atoms with Crippen molar-refractivity contribution in [1.82, 2.24) is 9.88 Å². The Morgan fingerprint density at radius 2 is 2.17 bits per heavy atom. The highest BCUT2D eigenvalue weighted by Crippen LogP contribution is 2.26. The SMILES string of the molecule is CC(C)c1nc(CN2CCOCC2)sc1CC#N. The summed E-state index contributed by atoms with van der Waals surface area (Å²) in [6, 6.07) is 2.23. The molecule has 0 atom stereocenters. The van der Waals surface area contributed by atoms with E-state index in [1.54, 1.807) is 11.3 Å². The first-order valence-electron chi connectivity index (χ1n) is 6.36. The molecule has 1 saturated heterocycles. The standard InChI is InChI=1S/C13H19N3OS/c1-10(2)13-11(3-4-14)18-12(15-13)9-16-5-7-17-8-6-16/h10H,3,5-9H2,1-2H3. The first kappa shape index (κ1) is 13.5. The molecule has 0 radical (unpaired) electrons. The average Bonchev–Trinajstić information content (AvgIpc) is 2.74. The second-order valence-electron chi connectivity index (χ2n) is 4.79. The van der Waals surface area contributed by atoms with Crippen LogP contribution in [0.3, 0.4) is 0 Å². The number of nitrogens with zero attached hydrogens (tertiary/aromatic N) is 3. The van der Waals surface area contributed by atoms with Crippen LogP contribution >= 0.6 is 11.3 Å². The number of rotatable bonds is 4. The van der Waals surface area contributed by atoms with E-state index in [2.05, 4.69) is 24.8 Å². The van der Waals surface area contributed by atoms with Crippen LogP contribution in [0.2, 0.25) is 0 Å². The summed E-state index contributed by atoms with van der Waals surface area (Å²) < 4.78 is 5.34. The van der Waals surface area contributed by atoms with Gasteiger partial charge in [-0.2, -0.15) is 5.26 Å². The van der Waals surface area contributed by atoms with E-state index in [1.807, 2.05) is 0 Å². The number of morpholine rings is 1. The van der Waals surface area contributed by atoms with Crippen LogP contribution in [0.1, 0.15) is 35.3 Å². The van der Waals surface area contributed by atoms with Crippen molar-refractivity contribution in [2.75, 3.05) is 26.3 Å². The van der Waals surface area contributed by atoms with E-state index in [0.717, 1.165) is 48.4 Å². The average molecular weight is 265 g/mol. The highest BCUT2D eigenvalue weighted by atomic mass is 32.1. The molecule has 0 aromatic carbocycles. The van der Waals surface area contributed by atoms with E-state index in [0.29, 0.717) is 12.3 Å². The first-order valence-corrected chi connectivity index (χ1v) is 7.18. The topological polar surface area (TPSA) is 49.2 Å². The van der Waals surface area contributed by atoms with Gasteiger partial charge in [0.25, 0.3) is 0 Å². The summed E-state index contributed by atoms with van der Waals surface area (Å²) in [4.78, 5) is 8.21. The van der Waals surface area contributed by atoms with Crippen molar-refractivity contribution in [3.63, 3.8) is 0 Å². The molecule has 5 heteroatoms. The summed E-state index contributed by atoms with van der Waals surface area (Å²) in [5.41, 5.74) is 1.10. The second kappa shape index (κ2) is 6.28. The Bertz CT molecular complexity index is 430. The third-order valence-corrected chi connectivity index (χ3v) is 4.08. The maximum atomic E-state index is 8.86. The van der Waals surface area contributed by atoms with Crippen LogP contribution in [0, 0.1) is 11.3 Å². The largest absolute Gasteiger partial charge is 0.379 e. The molecule has 0 bridgehead atoms. The van der Waals surface area contributed by atoms with Crippen molar-refractivity contribution < 1.29 is 4.74 Å². The minimum absolute atomic E-state index is 0.392. The van der Waals surface area contributed by atoms with E-state index in [1.165, 1.54) is 0 Å². The minimum Gasteiger partial charge on any atom is -0.379 e. The summed E-state index contributed by atoms with van der Waals surface area (Å²) in [6.07, 6.45) is 0.480. The monoisotopic (exact) mass is 265 g/mol. The molecule has 0 saturated carbocycles. The van der Waals surface area contributed by atoms with Crippen molar-refractivity contribution in [2.24, 2.45) is 0 Å². The van der Waals surface area contributed by atoms with Gasteiger partial charge in [0.1, 0.15) is 5.01 Å². The lowest BCUT2D eigenvalue weighted by Crippen LogP contribution is -2.35. The summed E-state index contributed by atoms with van der Waals surface area (Å²) in [6.45, 7) is 8.73. The maximum absolute atomic E-state index is 8.86. The van der Waals surface area contributed by atoms with E-state index >= 15 is 0 Å². The molecule has 0 spiro atoms. The van der Waals surface area contributed by atoms with Crippen molar-refractivity contribution >= 4 is 11.3 Å². The van der Waals surface area contributed by atoms with Gasteiger partial charge in [-0.25, -0.2) is 4.98 Å². The number of hydrogen-bond acceptors (Lipinski definition) is 5. The zero-order chi connectivity index (χ0) is 13.0. The molecule has 1 aliphatic rings. The molecule has 2 rings (SSSR count). The van der Waals surface area contributed by atoms with Gasteiger partial charge in [0, 0.05) is 18.0 Å². The van der Waals surface area contributed by atoms with Crippen LogP contribution in [0.15, 0.2) is 0 Å². The Morgan fingerprint density at radius 1 is 1.44 bits per heavy atom. The zero-order valence-corrected chi connectivity index (χ0v) is 11.8. The number of nitriles is 1. The number of ether oxygens (including phenoxy) is 1. The van der Waals surface area contributed by atoms with Crippen molar-refractivity contribution in [3.8, 4) is 6.07 Å². The lowest BCUT2D eigenvalue weighted by atomic mass is 10.1. The third kappa shape index (κ3) is 3.29. The van der Waals surface area contributed by atoms with Gasteiger partial charge < -0.3 is 4.74 Å². The molecule has 1 fully saturated rings. The Labute approximate surface area is 112 Å². The summed E-state index contributed by atoms with van der Waals surface area (Å²) >= 11 is 1.69. The highest BCUT2D eigenvalue weighted by Gasteiger charge is 2.17. The molecule has 0 amide bonds. The molecule has 1 aromatic heterocycles. The Kier molecular flexibility index (Phi) is 4.70. The number of hydrogen-bond donors (Lipinski definition) is 0. The fourth-order valence-electron chi connectivity index (χ4n) is 2.08. The van der Waals surface area contributed by atoms with Gasteiger partial charge in [-0.1, -0.05) is 13.8 Å². The lowest BCUT2D eigenvalue weighted by molar-refractivity contribution is 0.0341. The molecule has 1 aromatic rings.